The average Bonchev–Trinajstić information content (AvgIpc) is 4.09. The molecule has 308 valence electrons. The Kier molecular flexibility index (Phi) is 9.09. The third-order valence-corrected chi connectivity index (χ3v) is 15.2. The minimum absolute atomic E-state index is 0.0537. The molecule has 3 aromatic heterocycles. The number of carbonyl (C=O) groups is 2. The molecule has 4 aromatic rings. The van der Waals surface area contributed by atoms with Crippen LogP contribution in [-0.2, 0) is 26.0 Å². The number of methoxy groups -OCH3 is 1. The summed E-state index contributed by atoms with van der Waals surface area (Å²) in [6, 6.07) is 9.53. The summed E-state index contributed by atoms with van der Waals surface area (Å²) in [4.78, 5) is 35.2. The SMILES string of the molecule is COC1=CC2C=C(c3c(C(=O)N4CC5(CC5)OC5(CC5)C4)cnn3-c3ccnc(C)c3)Cn3c(c(C4CCCCC4)c4ccc(C(=O)NS(=O)(=O)C(C)C)cc43)C2C=C1. The summed E-state index contributed by atoms with van der Waals surface area (Å²) in [6.07, 6.45) is 21.7. The van der Waals surface area contributed by atoms with Crippen molar-refractivity contribution in [3.8, 4) is 5.69 Å². The van der Waals surface area contributed by atoms with Crippen LogP contribution in [0.3, 0.4) is 0 Å². The predicted octanol–water partition coefficient (Wildman–Crippen LogP) is 7.48. The Morgan fingerprint density at radius 1 is 1.00 bits per heavy atom. The van der Waals surface area contributed by atoms with Gasteiger partial charge in [-0.1, -0.05) is 37.5 Å². The van der Waals surface area contributed by atoms with Gasteiger partial charge in [-0.15, -0.1) is 0 Å². The van der Waals surface area contributed by atoms with Crippen LogP contribution in [0.2, 0.25) is 0 Å². The highest BCUT2D eigenvalue weighted by Gasteiger charge is 2.61. The number of hydrogen-bond acceptors (Lipinski definition) is 8. The maximum Gasteiger partial charge on any atom is 0.264 e. The van der Waals surface area contributed by atoms with E-state index in [1.807, 2.05) is 46.8 Å². The van der Waals surface area contributed by atoms with Crippen LogP contribution in [0.4, 0.5) is 0 Å². The lowest BCUT2D eigenvalue weighted by Gasteiger charge is -2.39. The van der Waals surface area contributed by atoms with Crippen molar-refractivity contribution >= 4 is 38.3 Å². The highest BCUT2D eigenvalue weighted by atomic mass is 32.2. The van der Waals surface area contributed by atoms with E-state index in [4.69, 9.17) is 14.6 Å². The van der Waals surface area contributed by atoms with Gasteiger partial charge in [-0.05, 0) is 113 Å². The monoisotopic (exact) mass is 816 g/mol. The number of benzene rings is 1. The fraction of sp³-hybridized carbons (Fsp3) is 0.478. The first-order chi connectivity index (χ1) is 28.4. The molecule has 2 aliphatic heterocycles. The molecule has 12 nitrogen and oxygen atoms in total. The summed E-state index contributed by atoms with van der Waals surface area (Å²) < 4.78 is 44.7. The Balaban J connectivity index is 1.17. The van der Waals surface area contributed by atoms with Crippen LogP contribution in [0.15, 0.2) is 72.8 Å². The van der Waals surface area contributed by atoms with Gasteiger partial charge in [0.2, 0.25) is 10.0 Å². The summed E-state index contributed by atoms with van der Waals surface area (Å²) in [6.45, 7) is 6.57. The Labute approximate surface area is 345 Å². The number of amides is 2. The number of allylic oxidation sites excluding steroid dienone is 5. The van der Waals surface area contributed by atoms with Gasteiger partial charge in [0.05, 0.1) is 59.8 Å². The van der Waals surface area contributed by atoms with E-state index in [9.17, 15) is 13.2 Å². The van der Waals surface area contributed by atoms with Crippen LogP contribution < -0.4 is 4.72 Å². The standard InChI is InChI=1S/C46H52N6O6S/c1-28(2)59(55,56)49-43(53)31-10-12-37-39(23-31)51-25-33(21-32-22-35(57-4)11-13-36(32)42(51)40(37)30-8-6-5-7-9-30)41-38(24-48-52(41)34-14-19-47-29(3)20-34)44(54)50-26-45(15-16-45)58-46(27-50)17-18-46/h10-14,19-24,28,30,32,36H,5-9,15-18,25-27H2,1-4H3,(H,49,53). The Bertz CT molecular complexity index is 2580. The lowest BCUT2D eigenvalue weighted by Crippen LogP contribution is -2.52. The van der Waals surface area contributed by atoms with Crippen molar-refractivity contribution in [2.45, 2.75) is 113 Å². The maximum absolute atomic E-state index is 15.1. The van der Waals surface area contributed by atoms with Crippen molar-refractivity contribution in [2.75, 3.05) is 20.2 Å². The number of nitrogens with zero attached hydrogens (tertiary/aromatic N) is 5. The van der Waals surface area contributed by atoms with Crippen LogP contribution in [0, 0.1) is 12.8 Å². The van der Waals surface area contributed by atoms with Gasteiger partial charge in [-0.2, -0.15) is 5.10 Å². The predicted molar refractivity (Wildman–Crippen MR) is 225 cm³/mol. The molecule has 0 radical (unpaired) electrons. The molecule has 4 fully saturated rings. The summed E-state index contributed by atoms with van der Waals surface area (Å²) in [5, 5.41) is 5.27. The molecule has 2 unspecified atom stereocenters. The number of morpholine rings is 1. The van der Waals surface area contributed by atoms with Crippen LogP contribution in [0.5, 0.6) is 0 Å². The normalized spacial score (nSPS) is 23.1. The molecule has 1 aromatic carbocycles. The first kappa shape index (κ1) is 38.2. The molecule has 6 aliphatic rings. The molecule has 59 heavy (non-hydrogen) atoms. The van der Waals surface area contributed by atoms with E-state index in [0.717, 1.165) is 85.0 Å². The van der Waals surface area contributed by atoms with E-state index in [1.54, 1.807) is 39.4 Å². The molecule has 1 saturated heterocycles. The van der Waals surface area contributed by atoms with Gasteiger partial charge in [0.15, 0.2) is 0 Å². The number of nitrogens with one attached hydrogen (secondary N) is 1. The van der Waals surface area contributed by atoms with E-state index in [0.29, 0.717) is 36.8 Å². The van der Waals surface area contributed by atoms with E-state index in [2.05, 4.69) is 32.5 Å². The van der Waals surface area contributed by atoms with Gasteiger partial charge >= 0.3 is 0 Å². The summed E-state index contributed by atoms with van der Waals surface area (Å²) >= 11 is 0. The Morgan fingerprint density at radius 2 is 1.75 bits per heavy atom. The van der Waals surface area contributed by atoms with Gasteiger partial charge in [0, 0.05) is 52.4 Å². The first-order valence-corrected chi connectivity index (χ1v) is 22.8. The van der Waals surface area contributed by atoms with Crippen LogP contribution in [-0.4, -0.2) is 81.1 Å². The number of carbonyl (C=O) groups excluding carboxylic acids is 2. The molecule has 3 saturated carbocycles. The number of aromatic nitrogens is 4. The zero-order valence-corrected chi connectivity index (χ0v) is 35.1. The molecule has 1 N–H and O–H groups in total. The summed E-state index contributed by atoms with van der Waals surface area (Å²) in [5.41, 5.74) is 6.89. The minimum Gasteiger partial charge on any atom is -0.497 e. The van der Waals surface area contributed by atoms with Crippen molar-refractivity contribution in [3.05, 3.63) is 107 Å². The average molecular weight is 817 g/mol. The molecule has 0 bridgehead atoms. The third kappa shape index (κ3) is 6.74. The van der Waals surface area contributed by atoms with Gasteiger partial charge in [-0.3, -0.25) is 14.6 Å². The zero-order valence-electron chi connectivity index (χ0n) is 34.2. The van der Waals surface area contributed by atoms with E-state index >= 15 is 4.79 Å². The van der Waals surface area contributed by atoms with Crippen molar-refractivity contribution in [3.63, 3.8) is 0 Å². The van der Waals surface area contributed by atoms with Crippen LogP contribution >= 0.6 is 0 Å². The molecule has 10 rings (SSSR count). The Morgan fingerprint density at radius 3 is 2.42 bits per heavy atom. The quantitative estimate of drug-likeness (QED) is 0.193. The third-order valence-electron chi connectivity index (χ3n) is 13.5. The van der Waals surface area contributed by atoms with Gasteiger partial charge in [0.25, 0.3) is 11.8 Å². The van der Waals surface area contributed by atoms with Crippen LogP contribution in [0.1, 0.15) is 127 Å². The molecule has 5 heterocycles. The molecular weight excluding hydrogens is 765 g/mol. The van der Waals surface area contributed by atoms with Crippen molar-refractivity contribution in [2.24, 2.45) is 5.92 Å². The fourth-order valence-electron chi connectivity index (χ4n) is 10.1. The molecular formula is C46H52N6O6S. The van der Waals surface area contributed by atoms with Gasteiger partial charge in [0.1, 0.15) is 5.76 Å². The topological polar surface area (TPSA) is 138 Å². The second-order valence-electron chi connectivity index (χ2n) is 18.0. The second kappa shape index (κ2) is 14.0. The Hall–Kier alpha value is -5.01. The van der Waals surface area contributed by atoms with E-state index < -0.39 is 21.2 Å². The zero-order chi connectivity index (χ0) is 40.8. The van der Waals surface area contributed by atoms with Crippen molar-refractivity contribution in [1.29, 1.82) is 0 Å². The first-order valence-electron chi connectivity index (χ1n) is 21.2. The second-order valence-corrected chi connectivity index (χ2v) is 20.2. The van der Waals surface area contributed by atoms with Crippen LogP contribution in [0.25, 0.3) is 22.2 Å². The lowest BCUT2D eigenvalue weighted by molar-refractivity contribution is -0.107. The largest absolute Gasteiger partial charge is 0.497 e. The van der Waals surface area contributed by atoms with E-state index in [1.165, 1.54) is 17.7 Å². The van der Waals surface area contributed by atoms with Gasteiger partial charge in [-0.25, -0.2) is 17.8 Å². The summed E-state index contributed by atoms with van der Waals surface area (Å²) in [5.74, 6) is 0.173. The highest BCUT2D eigenvalue weighted by Crippen LogP contribution is 2.55. The summed E-state index contributed by atoms with van der Waals surface area (Å²) in [7, 11) is -2.17. The molecule has 4 aliphatic carbocycles. The van der Waals surface area contributed by atoms with Crippen molar-refractivity contribution in [1.82, 2.24) is 29.0 Å². The molecule has 2 atom stereocenters. The number of hydrogen-bond donors (Lipinski definition) is 1. The minimum atomic E-state index is -3.86. The smallest absolute Gasteiger partial charge is 0.264 e. The number of ether oxygens (including phenoxy) is 2. The fourth-order valence-corrected chi connectivity index (χ4v) is 10.7. The van der Waals surface area contributed by atoms with E-state index in [-0.39, 0.29) is 34.5 Å². The number of aryl methyl sites for hydroxylation is 1. The number of sulfonamides is 1. The number of pyridine rings is 1. The lowest BCUT2D eigenvalue weighted by atomic mass is 9.77. The highest BCUT2D eigenvalue weighted by molar-refractivity contribution is 7.90. The number of rotatable bonds is 8. The molecule has 13 heteroatoms. The number of fused-ring (bicyclic) bond motifs is 5. The van der Waals surface area contributed by atoms with Crippen molar-refractivity contribution < 1.29 is 27.5 Å². The molecule has 2 spiro atoms. The maximum atomic E-state index is 15.1. The molecule has 2 amide bonds. The van der Waals surface area contributed by atoms with Gasteiger partial charge < -0.3 is 18.9 Å².